The summed E-state index contributed by atoms with van der Waals surface area (Å²) in [6.45, 7) is 1.65. The van der Waals surface area contributed by atoms with Crippen LogP contribution in [0, 0.1) is 0 Å². The molecule has 5 heteroatoms. The number of benzene rings is 1. The van der Waals surface area contributed by atoms with Gasteiger partial charge in [-0.1, -0.05) is 12.1 Å². The molecule has 0 saturated carbocycles. The largest absolute Gasteiger partial charge is 0.496 e. The molecule has 0 aromatic heterocycles. The maximum Gasteiger partial charge on any atom is 0.237 e. The van der Waals surface area contributed by atoms with Gasteiger partial charge in [0.1, 0.15) is 5.75 Å². The van der Waals surface area contributed by atoms with Crippen LogP contribution in [0.15, 0.2) is 29.2 Å². The van der Waals surface area contributed by atoms with Crippen LogP contribution >= 0.6 is 11.8 Å². The number of hydrogen-bond acceptors (Lipinski definition) is 4. The average molecular weight is 254 g/mol. The van der Waals surface area contributed by atoms with E-state index in [4.69, 9.17) is 16.2 Å². The number of nitrogens with two attached hydrogens (primary N) is 2. The zero-order valence-corrected chi connectivity index (χ0v) is 10.9. The Morgan fingerprint density at radius 2 is 2.12 bits per heavy atom. The second kappa shape index (κ2) is 5.93. The third-order valence-electron chi connectivity index (χ3n) is 2.51. The Hall–Kier alpha value is -1.20. The number of thioether (sulfide) groups is 1. The van der Waals surface area contributed by atoms with Gasteiger partial charge < -0.3 is 16.2 Å². The summed E-state index contributed by atoms with van der Waals surface area (Å²) >= 11 is 1.60. The van der Waals surface area contributed by atoms with Gasteiger partial charge in [0.25, 0.3) is 0 Å². The number of carbonyl (C=O) groups excluding carboxylic acids is 1. The maximum atomic E-state index is 11.0. The number of methoxy groups -OCH3 is 1. The molecule has 1 aromatic carbocycles. The van der Waals surface area contributed by atoms with E-state index >= 15 is 0 Å². The molecule has 17 heavy (non-hydrogen) atoms. The third-order valence-corrected chi connectivity index (χ3v) is 3.57. The number of hydrogen-bond donors (Lipinski definition) is 2. The van der Waals surface area contributed by atoms with Crippen LogP contribution in [0.4, 0.5) is 0 Å². The smallest absolute Gasteiger partial charge is 0.237 e. The molecular formula is C12H18N2O2S. The lowest BCUT2D eigenvalue weighted by molar-refractivity contribution is -0.122. The van der Waals surface area contributed by atoms with E-state index in [1.165, 1.54) is 0 Å². The number of carbonyl (C=O) groups is 1. The summed E-state index contributed by atoms with van der Waals surface area (Å²) < 4.78 is 5.23. The molecule has 0 radical (unpaired) electrons. The Morgan fingerprint density at radius 1 is 1.47 bits per heavy atom. The van der Waals surface area contributed by atoms with Crippen molar-refractivity contribution in [2.24, 2.45) is 11.5 Å². The molecule has 4 nitrogen and oxygen atoms in total. The maximum absolute atomic E-state index is 11.0. The van der Waals surface area contributed by atoms with E-state index in [2.05, 4.69) is 0 Å². The molecule has 94 valence electrons. The van der Waals surface area contributed by atoms with Gasteiger partial charge in [0.2, 0.25) is 5.91 Å². The summed E-state index contributed by atoms with van der Waals surface area (Å²) in [4.78, 5) is 12.1. The highest BCUT2D eigenvalue weighted by Gasteiger charge is 2.24. The highest BCUT2D eigenvalue weighted by Crippen LogP contribution is 2.29. The molecule has 4 N–H and O–H groups in total. The highest BCUT2D eigenvalue weighted by molar-refractivity contribution is 7.99. The van der Waals surface area contributed by atoms with Gasteiger partial charge in [0.05, 0.1) is 12.6 Å². The minimum absolute atomic E-state index is 0.474. The number of rotatable bonds is 6. The molecule has 0 fully saturated rings. The van der Waals surface area contributed by atoms with Crippen LogP contribution in [-0.4, -0.2) is 24.3 Å². The summed E-state index contributed by atoms with van der Waals surface area (Å²) in [5, 5.41) is 0. The van der Waals surface area contributed by atoms with Crippen molar-refractivity contribution in [2.45, 2.75) is 23.8 Å². The van der Waals surface area contributed by atoms with E-state index in [9.17, 15) is 4.79 Å². The van der Waals surface area contributed by atoms with Crippen molar-refractivity contribution in [2.75, 3.05) is 12.9 Å². The standard InChI is InChI=1S/C12H18N2O2S/c1-12(14,11(13)15)7-8-17-10-6-4-3-5-9(10)16-2/h3-6H,7-8,14H2,1-2H3,(H2,13,15). The van der Waals surface area contributed by atoms with Gasteiger partial charge in [-0.2, -0.15) is 0 Å². The first kappa shape index (κ1) is 13.9. The third kappa shape index (κ3) is 3.94. The number of amides is 1. The summed E-state index contributed by atoms with van der Waals surface area (Å²) in [6, 6.07) is 7.74. The van der Waals surface area contributed by atoms with Crippen LogP contribution in [-0.2, 0) is 4.79 Å². The molecule has 0 heterocycles. The number of primary amides is 1. The molecule has 1 aromatic rings. The van der Waals surface area contributed by atoms with E-state index < -0.39 is 11.4 Å². The van der Waals surface area contributed by atoms with Crippen molar-refractivity contribution in [1.29, 1.82) is 0 Å². The lowest BCUT2D eigenvalue weighted by atomic mass is 10.0. The van der Waals surface area contributed by atoms with Gasteiger partial charge in [-0.3, -0.25) is 4.79 Å². The monoisotopic (exact) mass is 254 g/mol. The molecule has 0 aliphatic rings. The van der Waals surface area contributed by atoms with Crippen LogP contribution in [0.5, 0.6) is 5.75 Å². The predicted octanol–water partition coefficient (Wildman–Crippen LogP) is 1.38. The molecule has 0 spiro atoms. The van der Waals surface area contributed by atoms with E-state index in [0.29, 0.717) is 6.42 Å². The van der Waals surface area contributed by atoms with Crippen LogP contribution in [0.2, 0.25) is 0 Å². The number of para-hydroxylation sites is 1. The first-order chi connectivity index (χ1) is 7.97. The lowest BCUT2D eigenvalue weighted by Gasteiger charge is -2.20. The van der Waals surface area contributed by atoms with Crippen molar-refractivity contribution in [3.8, 4) is 5.75 Å². The van der Waals surface area contributed by atoms with Crippen LogP contribution in [0.1, 0.15) is 13.3 Å². The predicted molar refractivity (Wildman–Crippen MR) is 70.1 cm³/mol. The molecule has 0 saturated heterocycles. The Kier molecular flexibility index (Phi) is 4.84. The molecular weight excluding hydrogens is 236 g/mol. The van der Waals surface area contributed by atoms with E-state index in [1.807, 2.05) is 24.3 Å². The second-order valence-corrected chi connectivity index (χ2v) is 5.17. The topological polar surface area (TPSA) is 78.3 Å². The fraction of sp³-hybridized carbons (Fsp3) is 0.417. The highest BCUT2D eigenvalue weighted by atomic mass is 32.2. The van der Waals surface area contributed by atoms with Crippen molar-refractivity contribution in [3.05, 3.63) is 24.3 Å². The van der Waals surface area contributed by atoms with E-state index in [-0.39, 0.29) is 0 Å². The molecule has 0 aliphatic carbocycles. The van der Waals surface area contributed by atoms with Crippen LogP contribution in [0.25, 0.3) is 0 Å². The fourth-order valence-corrected chi connectivity index (χ4v) is 2.45. The van der Waals surface area contributed by atoms with Gasteiger partial charge in [0, 0.05) is 10.6 Å². The van der Waals surface area contributed by atoms with Gasteiger partial charge in [0.15, 0.2) is 0 Å². The molecule has 0 aliphatic heterocycles. The minimum Gasteiger partial charge on any atom is -0.496 e. The van der Waals surface area contributed by atoms with Crippen molar-refractivity contribution >= 4 is 17.7 Å². The van der Waals surface area contributed by atoms with Crippen molar-refractivity contribution in [3.63, 3.8) is 0 Å². The Labute approximate surface area is 106 Å². The van der Waals surface area contributed by atoms with Crippen LogP contribution in [0.3, 0.4) is 0 Å². The first-order valence-corrected chi connectivity index (χ1v) is 6.30. The van der Waals surface area contributed by atoms with Gasteiger partial charge in [-0.05, 0) is 25.5 Å². The molecule has 0 bridgehead atoms. The quantitative estimate of drug-likeness (QED) is 0.752. The zero-order valence-electron chi connectivity index (χ0n) is 10.1. The van der Waals surface area contributed by atoms with Crippen LogP contribution < -0.4 is 16.2 Å². The van der Waals surface area contributed by atoms with Gasteiger partial charge in [-0.25, -0.2) is 0 Å². The van der Waals surface area contributed by atoms with Crippen molar-refractivity contribution in [1.82, 2.24) is 0 Å². The molecule has 1 amide bonds. The molecule has 1 atom stereocenters. The number of ether oxygens (including phenoxy) is 1. The second-order valence-electron chi connectivity index (χ2n) is 4.03. The van der Waals surface area contributed by atoms with E-state index in [0.717, 1.165) is 16.4 Å². The fourth-order valence-electron chi connectivity index (χ4n) is 1.23. The zero-order chi connectivity index (χ0) is 12.9. The summed E-state index contributed by atoms with van der Waals surface area (Å²) in [6.07, 6.45) is 0.533. The van der Waals surface area contributed by atoms with E-state index in [1.54, 1.807) is 25.8 Å². The summed E-state index contributed by atoms with van der Waals surface area (Å²) in [5.74, 6) is 1.07. The lowest BCUT2D eigenvalue weighted by Crippen LogP contribution is -2.49. The summed E-state index contributed by atoms with van der Waals surface area (Å²) in [7, 11) is 1.63. The van der Waals surface area contributed by atoms with Crippen molar-refractivity contribution < 1.29 is 9.53 Å². The van der Waals surface area contributed by atoms with Gasteiger partial charge in [-0.15, -0.1) is 11.8 Å². The molecule has 1 unspecified atom stereocenters. The Bertz CT molecular complexity index is 394. The Balaban J connectivity index is 2.54. The summed E-state index contributed by atoms with van der Waals surface area (Å²) in [5.41, 5.74) is 10.0. The normalized spacial score (nSPS) is 14.1. The Morgan fingerprint density at radius 3 is 2.71 bits per heavy atom. The first-order valence-electron chi connectivity index (χ1n) is 5.32. The average Bonchev–Trinajstić information content (AvgIpc) is 2.29. The molecule has 1 rings (SSSR count). The SMILES string of the molecule is COc1ccccc1SCCC(C)(N)C(N)=O. The minimum atomic E-state index is -0.949. The van der Waals surface area contributed by atoms with Gasteiger partial charge >= 0.3 is 0 Å².